The summed E-state index contributed by atoms with van der Waals surface area (Å²) in [4.78, 5) is 0. The van der Waals surface area contributed by atoms with Crippen LogP contribution in [0.4, 0.5) is 0 Å². The number of rotatable bonds is 8. The molecule has 0 aliphatic carbocycles. The van der Waals surface area contributed by atoms with Gasteiger partial charge >= 0.3 is 0 Å². The first kappa shape index (κ1) is 14.3. The van der Waals surface area contributed by atoms with Crippen molar-refractivity contribution in [2.75, 3.05) is 25.2 Å². The number of hydrogen-bond donors (Lipinski definition) is 1. The first-order valence-corrected chi connectivity index (χ1v) is 6.54. The molecule has 0 heterocycles. The molecular weight excluding hydrogens is 194 g/mol. The van der Waals surface area contributed by atoms with E-state index in [1.54, 1.807) is 7.11 Å². The molecule has 0 fully saturated rings. The molecule has 2 unspecified atom stereocenters. The Morgan fingerprint density at radius 2 is 1.71 bits per heavy atom. The van der Waals surface area contributed by atoms with Crippen molar-refractivity contribution in [1.82, 2.24) is 5.32 Å². The number of ether oxygens (including phenoxy) is 1. The molecule has 0 radical (unpaired) electrons. The summed E-state index contributed by atoms with van der Waals surface area (Å²) in [6, 6.07) is 1.03. The van der Waals surface area contributed by atoms with Crippen LogP contribution in [0.3, 0.4) is 0 Å². The predicted octanol–water partition coefficient (Wildman–Crippen LogP) is 2.39. The van der Waals surface area contributed by atoms with Crippen molar-refractivity contribution in [1.29, 1.82) is 0 Å². The van der Waals surface area contributed by atoms with Gasteiger partial charge in [-0.25, -0.2) is 0 Å². The van der Waals surface area contributed by atoms with Crippen molar-refractivity contribution in [2.24, 2.45) is 5.92 Å². The molecular formula is C11H25NOS. The van der Waals surface area contributed by atoms with E-state index in [1.165, 1.54) is 11.5 Å². The average molecular weight is 219 g/mol. The summed E-state index contributed by atoms with van der Waals surface area (Å²) in [7, 11) is 1.75. The monoisotopic (exact) mass is 219 g/mol. The van der Waals surface area contributed by atoms with Crippen LogP contribution in [-0.2, 0) is 4.74 Å². The zero-order chi connectivity index (χ0) is 11.0. The second kappa shape index (κ2) is 8.57. The third-order valence-corrected chi connectivity index (χ3v) is 3.44. The van der Waals surface area contributed by atoms with Gasteiger partial charge in [-0.2, -0.15) is 11.8 Å². The highest BCUT2D eigenvalue weighted by Crippen LogP contribution is 2.08. The van der Waals surface area contributed by atoms with E-state index in [2.05, 4.69) is 33.0 Å². The van der Waals surface area contributed by atoms with Crippen LogP contribution in [-0.4, -0.2) is 37.3 Å². The number of methoxy groups -OCH3 is 1. The Labute approximate surface area is 93.2 Å². The van der Waals surface area contributed by atoms with E-state index in [-0.39, 0.29) is 0 Å². The lowest BCUT2D eigenvalue weighted by Crippen LogP contribution is -2.38. The Balaban J connectivity index is 3.39. The maximum absolute atomic E-state index is 5.08. The summed E-state index contributed by atoms with van der Waals surface area (Å²) in [5, 5.41) is 3.51. The standard InChI is InChI=1S/C11H25NOS/c1-9(2)7-14-8-11(4)12-10(3)6-13-5/h9-12H,6-8H2,1-5H3. The molecule has 0 aliphatic rings. The van der Waals surface area contributed by atoms with Gasteiger partial charge in [0.25, 0.3) is 0 Å². The van der Waals surface area contributed by atoms with Gasteiger partial charge in [-0.15, -0.1) is 0 Å². The van der Waals surface area contributed by atoms with Crippen LogP contribution < -0.4 is 5.32 Å². The molecule has 0 aromatic heterocycles. The van der Waals surface area contributed by atoms with Crippen LogP contribution in [0.2, 0.25) is 0 Å². The van der Waals surface area contributed by atoms with E-state index >= 15 is 0 Å². The zero-order valence-corrected chi connectivity index (χ0v) is 11.0. The van der Waals surface area contributed by atoms with Crippen molar-refractivity contribution in [2.45, 2.75) is 39.8 Å². The summed E-state index contributed by atoms with van der Waals surface area (Å²) < 4.78 is 5.08. The predicted molar refractivity (Wildman–Crippen MR) is 66.1 cm³/mol. The van der Waals surface area contributed by atoms with Gasteiger partial charge < -0.3 is 10.1 Å². The Morgan fingerprint density at radius 1 is 1.07 bits per heavy atom. The van der Waals surface area contributed by atoms with Crippen LogP contribution in [0.15, 0.2) is 0 Å². The van der Waals surface area contributed by atoms with E-state index < -0.39 is 0 Å². The molecule has 2 nitrogen and oxygen atoms in total. The van der Waals surface area contributed by atoms with Gasteiger partial charge in [0.2, 0.25) is 0 Å². The van der Waals surface area contributed by atoms with Crippen molar-refractivity contribution in [3.8, 4) is 0 Å². The van der Waals surface area contributed by atoms with Crippen LogP contribution in [0.1, 0.15) is 27.7 Å². The smallest absolute Gasteiger partial charge is 0.0613 e. The van der Waals surface area contributed by atoms with E-state index in [0.717, 1.165) is 12.5 Å². The molecule has 86 valence electrons. The van der Waals surface area contributed by atoms with Crippen molar-refractivity contribution in [3.63, 3.8) is 0 Å². The number of hydrogen-bond acceptors (Lipinski definition) is 3. The van der Waals surface area contributed by atoms with Crippen molar-refractivity contribution in [3.05, 3.63) is 0 Å². The third kappa shape index (κ3) is 8.85. The minimum Gasteiger partial charge on any atom is -0.383 e. The molecule has 0 aromatic rings. The SMILES string of the molecule is COCC(C)NC(C)CSCC(C)C. The molecule has 2 atom stereocenters. The molecule has 0 bridgehead atoms. The minimum atomic E-state index is 0.453. The van der Waals surface area contributed by atoms with Gasteiger partial charge in [-0.1, -0.05) is 13.8 Å². The van der Waals surface area contributed by atoms with Gasteiger partial charge in [0.15, 0.2) is 0 Å². The molecule has 0 aliphatic heterocycles. The minimum absolute atomic E-state index is 0.453. The topological polar surface area (TPSA) is 21.3 Å². The number of thioether (sulfide) groups is 1. The largest absolute Gasteiger partial charge is 0.383 e. The van der Waals surface area contributed by atoms with Crippen LogP contribution in [0.25, 0.3) is 0 Å². The third-order valence-electron chi connectivity index (χ3n) is 1.80. The summed E-state index contributed by atoms with van der Waals surface area (Å²) >= 11 is 2.03. The highest BCUT2D eigenvalue weighted by Gasteiger charge is 2.07. The second-order valence-corrected chi connectivity index (χ2v) is 5.43. The summed E-state index contributed by atoms with van der Waals surface area (Å²) in [5.74, 6) is 3.24. The Kier molecular flexibility index (Phi) is 8.73. The van der Waals surface area contributed by atoms with E-state index in [0.29, 0.717) is 12.1 Å². The molecule has 0 saturated heterocycles. The first-order valence-electron chi connectivity index (χ1n) is 5.39. The van der Waals surface area contributed by atoms with Crippen LogP contribution in [0.5, 0.6) is 0 Å². The maximum atomic E-state index is 5.08. The van der Waals surface area contributed by atoms with E-state index in [9.17, 15) is 0 Å². The normalized spacial score (nSPS) is 15.9. The zero-order valence-electron chi connectivity index (χ0n) is 10.2. The lowest BCUT2D eigenvalue weighted by Gasteiger charge is -2.19. The van der Waals surface area contributed by atoms with Crippen molar-refractivity contribution >= 4 is 11.8 Å². The van der Waals surface area contributed by atoms with E-state index in [4.69, 9.17) is 4.74 Å². The fourth-order valence-electron chi connectivity index (χ4n) is 1.31. The molecule has 3 heteroatoms. The quantitative estimate of drug-likeness (QED) is 0.677. The van der Waals surface area contributed by atoms with Crippen LogP contribution in [0, 0.1) is 5.92 Å². The lowest BCUT2D eigenvalue weighted by atomic mass is 10.3. The molecule has 0 saturated carbocycles. The molecule has 14 heavy (non-hydrogen) atoms. The van der Waals surface area contributed by atoms with Gasteiger partial charge in [0, 0.05) is 24.9 Å². The Morgan fingerprint density at radius 3 is 2.21 bits per heavy atom. The van der Waals surface area contributed by atoms with Crippen molar-refractivity contribution < 1.29 is 4.74 Å². The average Bonchev–Trinajstić information content (AvgIpc) is 2.03. The molecule has 0 spiro atoms. The van der Waals surface area contributed by atoms with Gasteiger partial charge in [0.05, 0.1) is 6.61 Å². The summed E-state index contributed by atoms with van der Waals surface area (Å²) in [6.07, 6.45) is 0. The lowest BCUT2D eigenvalue weighted by molar-refractivity contribution is 0.169. The van der Waals surface area contributed by atoms with Crippen LogP contribution >= 0.6 is 11.8 Å². The second-order valence-electron chi connectivity index (χ2n) is 4.36. The fourth-order valence-corrected chi connectivity index (χ4v) is 2.37. The molecule has 0 amide bonds. The summed E-state index contributed by atoms with van der Waals surface area (Å²) in [5.41, 5.74) is 0. The summed E-state index contributed by atoms with van der Waals surface area (Å²) in [6.45, 7) is 9.71. The first-order chi connectivity index (χ1) is 6.56. The maximum Gasteiger partial charge on any atom is 0.0613 e. The molecule has 1 N–H and O–H groups in total. The van der Waals surface area contributed by atoms with Gasteiger partial charge in [-0.3, -0.25) is 0 Å². The Hall–Kier alpha value is 0.270. The van der Waals surface area contributed by atoms with Gasteiger partial charge in [-0.05, 0) is 25.5 Å². The highest BCUT2D eigenvalue weighted by molar-refractivity contribution is 7.99. The molecule has 0 aromatic carbocycles. The molecule has 0 rings (SSSR count). The number of nitrogens with one attached hydrogen (secondary N) is 1. The van der Waals surface area contributed by atoms with Gasteiger partial charge in [0.1, 0.15) is 0 Å². The highest BCUT2D eigenvalue weighted by atomic mass is 32.2. The fraction of sp³-hybridized carbons (Fsp3) is 1.00. The van der Waals surface area contributed by atoms with E-state index in [1.807, 2.05) is 11.8 Å². The Bertz CT molecular complexity index is 130.